The van der Waals surface area contributed by atoms with Crippen LogP contribution in [-0.4, -0.2) is 30.5 Å². The molecule has 0 bridgehead atoms. The maximum atomic E-state index is 12.2. The van der Waals surface area contributed by atoms with Crippen LogP contribution in [0.4, 0.5) is 0 Å². The number of fused-ring (bicyclic) bond motifs is 1. The monoisotopic (exact) mass is 373 g/mol. The van der Waals surface area contributed by atoms with Crippen molar-refractivity contribution >= 4 is 45.1 Å². The lowest BCUT2D eigenvalue weighted by atomic mass is 10.1. The minimum atomic E-state index is -0.295. The zero-order chi connectivity index (χ0) is 14.7. The molecule has 114 valence electrons. The number of likely N-dealkylation sites (N-methyl/N-ethyl adjacent to an activating group) is 1. The van der Waals surface area contributed by atoms with Crippen LogP contribution in [0.15, 0.2) is 33.5 Å². The smallest absolute Gasteiger partial charge is 0.252 e. The van der Waals surface area contributed by atoms with Gasteiger partial charge in [0.1, 0.15) is 0 Å². The molecule has 2 aromatic rings. The largest absolute Gasteiger partial charge is 0.350 e. The van der Waals surface area contributed by atoms with Crippen LogP contribution in [0.3, 0.4) is 0 Å². The highest BCUT2D eigenvalue weighted by Crippen LogP contribution is 2.23. The highest BCUT2D eigenvalue weighted by atomic mass is 79.9. The molecule has 0 saturated carbocycles. The Morgan fingerprint density at radius 3 is 2.81 bits per heavy atom. The molecular weight excluding hydrogens is 358 g/mol. The van der Waals surface area contributed by atoms with Gasteiger partial charge in [-0.2, -0.15) is 0 Å². The molecule has 1 aromatic heterocycles. The number of aromatic amines is 1. The summed E-state index contributed by atoms with van der Waals surface area (Å²) in [6.07, 6.45) is 0. The molecule has 1 amide bonds. The van der Waals surface area contributed by atoms with Gasteiger partial charge in [-0.1, -0.05) is 12.1 Å². The van der Waals surface area contributed by atoms with Crippen LogP contribution in [0.1, 0.15) is 17.3 Å². The van der Waals surface area contributed by atoms with E-state index in [9.17, 15) is 9.59 Å². The molecule has 0 aliphatic heterocycles. The van der Waals surface area contributed by atoms with Crippen molar-refractivity contribution in [3.05, 3.63) is 44.7 Å². The van der Waals surface area contributed by atoms with Gasteiger partial charge in [0.15, 0.2) is 0 Å². The van der Waals surface area contributed by atoms with Gasteiger partial charge in [-0.3, -0.25) is 9.59 Å². The number of carbonyl (C=O) groups is 1. The summed E-state index contributed by atoms with van der Waals surface area (Å²) in [5.74, 6) is -0.249. The summed E-state index contributed by atoms with van der Waals surface area (Å²) in [4.78, 5) is 26.7. The van der Waals surface area contributed by atoms with Crippen molar-refractivity contribution in [2.45, 2.75) is 13.0 Å². The van der Waals surface area contributed by atoms with Gasteiger partial charge < -0.3 is 15.6 Å². The van der Waals surface area contributed by atoms with Crippen LogP contribution in [-0.2, 0) is 0 Å². The number of para-hydroxylation sites is 1. The second-order valence-corrected chi connectivity index (χ2v) is 5.46. The summed E-state index contributed by atoms with van der Waals surface area (Å²) in [5, 5.41) is 6.57. The maximum Gasteiger partial charge on any atom is 0.252 e. The highest BCUT2D eigenvalue weighted by molar-refractivity contribution is 9.10. The second-order valence-electron chi connectivity index (χ2n) is 4.61. The summed E-state index contributed by atoms with van der Waals surface area (Å²) in [6.45, 7) is 2.46. The molecule has 0 spiro atoms. The average Bonchev–Trinajstić information content (AvgIpc) is 2.44. The van der Waals surface area contributed by atoms with Crippen molar-refractivity contribution in [2.75, 3.05) is 13.6 Å². The minimum absolute atomic E-state index is 0. The van der Waals surface area contributed by atoms with Crippen LogP contribution >= 0.6 is 28.3 Å². The number of halogens is 2. The average molecular weight is 375 g/mol. The van der Waals surface area contributed by atoms with Crippen LogP contribution in [0, 0.1) is 0 Å². The van der Waals surface area contributed by atoms with Crippen molar-refractivity contribution in [2.24, 2.45) is 0 Å². The molecule has 1 unspecified atom stereocenters. The third-order valence-electron chi connectivity index (χ3n) is 3.13. The summed E-state index contributed by atoms with van der Waals surface area (Å²) in [6, 6.07) is 6.96. The van der Waals surface area contributed by atoms with Crippen molar-refractivity contribution in [3.8, 4) is 0 Å². The minimum Gasteiger partial charge on any atom is -0.350 e. The van der Waals surface area contributed by atoms with E-state index in [0.717, 1.165) is 4.47 Å². The zero-order valence-electron chi connectivity index (χ0n) is 11.7. The van der Waals surface area contributed by atoms with E-state index in [2.05, 4.69) is 31.5 Å². The summed E-state index contributed by atoms with van der Waals surface area (Å²) < 4.78 is 0.755. The third kappa shape index (κ3) is 4.06. The first-order valence-corrected chi connectivity index (χ1v) is 7.09. The van der Waals surface area contributed by atoms with E-state index in [4.69, 9.17) is 0 Å². The number of carbonyl (C=O) groups excluding carboxylic acids is 1. The predicted octanol–water partition coefficient (Wildman–Crippen LogP) is 2.05. The number of hydrogen-bond donors (Lipinski definition) is 3. The standard InChI is InChI=1S/C14H16BrN3O2.ClH/c1-8(16-2)7-17-14(20)10-6-12(19)18-13-9(10)4-3-5-11(13)15;/h3-6,8,16H,7H2,1-2H3,(H,17,20)(H,18,19);1H. The topological polar surface area (TPSA) is 74.0 Å². The van der Waals surface area contributed by atoms with Crippen LogP contribution < -0.4 is 16.2 Å². The summed E-state index contributed by atoms with van der Waals surface area (Å²) in [5.41, 5.74) is 0.719. The van der Waals surface area contributed by atoms with Gasteiger partial charge in [-0.05, 0) is 36.0 Å². The van der Waals surface area contributed by atoms with E-state index < -0.39 is 0 Å². The molecule has 0 fully saturated rings. The first-order chi connectivity index (χ1) is 9.52. The van der Waals surface area contributed by atoms with E-state index >= 15 is 0 Å². The van der Waals surface area contributed by atoms with E-state index in [-0.39, 0.29) is 29.9 Å². The number of H-pyrrole nitrogens is 1. The fraction of sp³-hybridized carbons (Fsp3) is 0.286. The lowest BCUT2D eigenvalue weighted by Gasteiger charge is -2.12. The van der Waals surface area contributed by atoms with Crippen molar-refractivity contribution in [1.82, 2.24) is 15.6 Å². The van der Waals surface area contributed by atoms with Crippen molar-refractivity contribution in [1.29, 1.82) is 0 Å². The Labute approximate surface area is 137 Å². The molecule has 1 aromatic carbocycles. The number of nitrogens with one attached hydrogen (secondary N) is 3. The highest BCUT2D eigenvalue weighted by Gasteiger charge is 2.13. The molecule has 0 aliphatic rings. The lowest BCUT2D eigenvalue weighted by Crippen LogP contribution is -2.37. The number of hydrogen-bond acceptors (Lipinski definition) is 3. The molecule has 7 heteroatoms. The van der Waals surface area contributed by atoms with E-state index in [1.807, 2.05) is 32.2 Å². The Morgan fingerprint density at radius 2 is 2.14 bits per heavy atom. The first kappa shape index (κ1) is 17.7. The van der Waals surface area contributed by atoms with Gasteiger partial charge in [0, 0.05) is 28.5 Å². The van der Waals surface area contributed by atoms with Crippen LogP contribution in [0.25, 0.3) is 10.9 Å². The molecule has 1 heterocycles. The summed E-state index contributed by atoms with van der Waals surface area (Å²) in [7, 11) is 1.83. The Balaban J connectivity index is 0.00000220. The van der Waals surface area contributed by atoms with E-state index in [0.29, 0.717) is 23.0 Å². The molecule has 5 nitrogen and oxygen atoms in total. The Morgan fingerprint density at radius 1 is 1.43 bits per heavy atom. The number of amides is 1. The fourth-order valence-corrected chi connectivity index (χ4v) is 2.34. The normalized spacial score (nSPS) is 11.8. The molecule has 3 N–H and O–H groups in total. The fourth-order valence-electron chi connectivity index (χ4n) is 1.87. The second kappa shape index (κ2) is 7.59. The number of benzene rings is 1. The molecule has 1 atom stereocenters. The lowest BCUT2D eigenvalue weighted by molar-refractivity contribution is 0.0952. The predicted molar refractivity (Wildman–Crippen MR) is 90.4 cm³/mol. The molecule has 21 heavy (non-hydrogen) atoms. The number of aromatic nitrogens is 1. The summed E-state index contributed by atoms with van der Waals surface area (Å²) >= 11 is 3.38. The van der Waals surface area contributed by atoms with Gasteiger partial charge in [-0.15, -0.1) is 12.4 Å². The molecular formula is C14H17BrClN3O2. The Hall–Kier alpha value is -1.37. The van der Waals surface area contributed by atoms with Gasteiger partial charge in [0.05, 0.1) is 11.1 Å². The van der Waals surface area contributed by atoms with Crippen LogP contribution in [0.2, 0.25) is 0 Å². The quantitative estimate of drug-likeness (QED) is 0.767. The number of rotatable bonds is 4. The van der Waals surface area contributed by atoms with Crippen LogP contribution in [0.5, 0.6) is 0 Å². The number of pyridine rings is 1. The first-order valence-electron chi connectivity index (χ1n) is 6.30. The third-order valence-corrected chi connectivity index (χ3v) is 3.79. The Bertz CT molecular complexity index is 702. The van der Waals surface area contributed by atoms with Crippen molar-refractivity contribution in [3.63, 3.8) is 0 Å². The molecule has 0 saturated heterocycles. The Kier molecular flexibility index (Phi) is 6.39. The van der Waals surface area contributed by atoms with E-state index in [1.165, 1.54) is 6.07 Å². The van der Waals surface area contributed by atoms with Crippen molar-refractivity contribution < 1.29 is 4.79 Å². The SMILES string of the molecule is CNC(C)CNC(=O)c1cc(=O)[nH]c2c(Br)cccc12.Cl. The van der Waals surface area contributed by atoms with Gasteiger partial charge in [-0.25, -0.2) is 0 Å². The molecule has 0 radical (unpaired) electrons. The molecule has 2 rings (SSSR count). The van der Waals surface area contributed by atoms with Gasteiger partial charge in [0.25, 0.3) is 5.91 Å². The van der Waals surface area contributed by atoms with Gasteiger partial charge in [0.2, 0.25) is 5.56 Å². The van der Waals surface area contributed by atoms with Gasteiger partial charge >= 0.3 is 0 Å². The molecule has 0 aliphatic carbocycles. The van der Waals surface area contributed by atoms with E-state index in [1.54, 1.807) is 0 Å². The maximum absolute atomic E-state index is 12.2. The zero-order valence-corrected chi connectivity index (χ0v) is 14.1.